The maximum absolute atomic E-state index is 13.5. The summed E-state index contributed by atoms with van der Waals surface area (Å²) in [6.07, 6.45) is 2.47. The highest BCUT2D eigenvalue weighted by atomic mass is 35.5. The summed E-state index contributed by atoms with van der Waals surface area (Å²) in [6.45, 7) is 2.01. The quantitative estimate of drug-likeness (QED) is 0.294. The van der Waals surface area contributed by atoms with E-state index in [1.807, 2.05) is 72.3 Å². The molecule has 7 heteroatoms. The number of fused-ring (bicyclic) bond motifs is 1. The van der Waals surface area contributed by atoms with E-state index in [9.17, 15) is 4.79 Å². The third-order valence-corrected chi connectivity index (χ3v) is 7.28. The molecule has 0 aliphatic heterocycles. The lowest BCUT2D eigenvalue weighted by molar-refractivity contribution is -0.123. The van der Waals surface area contributed by atoms with Crippen LogP contribution >= 0.6 is 23.2 Å². The van der Waals surface area contributed by atoms with Crippen LogP contribution in [0.2, 0.25) is 10.0 Å². The smallest absolute Gasteiger partial charge is 0.229 e. The van der Waals surface area contributed by atoms with Gasteiger partial charge in [-0.25, -0.2) is 4.68 Å². The first kappa shape index (κ1) is 24.4. The molecule has 1 amide bonds. The molecular weight excluding hydrogens is 493 g/mol. The van der Waals surface area contributed by atoms with E-state index in [1.165, 1.54) is 0 Å². The number of carbonyl (C=O) groups excluding carboxylic acids is 1. The molecule has 1 aliphatic rings. The Morgan fingerprint density at radius 1 is 1.08 bits per heavy atom. The Morgan fingerprint density at radius 2 is 1.83 bits per heavy atom. The Hall–Kier alpha value is -3.28. The molecule has 0 spiro atoms. The highest BCUT2D eigenvalue weighted by Gasteiger charge is 2.34. The number of rotatable bonds is 6. The minimum Gasteiger partial charge on any atom is -0.497 e. The summed E-state index contributed by atoms with van der Waals surface area (Å²) in [4.78, 5) is 13.5. The van der Waals surface area contributed by atoms with Gasteiger partial charge in [0.1, 0.15) is 5.75 Å². The first-order valence-corrected chi connectivity index (χ1v) is 12.8. The lowest BCUT2D eigenvalue weighted by atomic mass is 9.85. The number of benzene rings is 3. The predicted octanol–water partition coefficient (Wildman–Crippen LogP) is 7.15. The Labute approximate surface area is 221 Å². The van der Waals surface area contributed by atoms with Crippen LogP contribution in [-0.2, 0) is 11.2 Å². The zero-order chi connectivity index (χ0) is 25.2. The van der Waals surface area contributed by atoms with Crippen LogP contribution in [-0.4, -0.2) is 22.8 Å². The fourth-order valence-electron chi connectivity index (χ4n) is 4.88. The number of halogens is 2. The second kappa shape index (κ2) is 10.4. The summed E-state index contributed by atoms with van der Waals surface area (Å²) in [7, 11) is 1.65. The fourth-order valence-corrected chi connectivity index (χ4v) is 5.37. The van der Waals surface area contributed by atoms with E-state index >= 15 is 0 Å². The van der Waals surface area contributed by atoms with Gasteiger partial charge in [-0.1, -0.05) is 53.5 Å². The van der Waals surface area contributed by atoms with Crippen LogP contribution in [0.3, 0.4) is 0 Å². The molecule has 1 aromatic heterocycles. The van der Waals surface area contributed by atoms with Crippen molar-refractivity contribution >= 4 is 29.1 Å². The number of methoxy groups -OCH3 is 1. The number of ether oxygens (including phenoxy) is 1. The van der Waals surface area contributed by atoms with E-state index in [0.717, 1.165) is 58.8 Å². The highest BCUT2D eigenvalue weighted by Crippen LogP contribution is 2.40. The molecule has 0 bridgehead atoms. The molecule has 4 aromatic rings. The Morgan fingerprint density at radius 3 is 2.53 bits per heavy atom. The number of amides is 1. The van der Waals surface area contributed by atoms with Crippen molar-refractivity contribution in [2.75, 3.05) is 7.11 Å². The minimum absolute atomic E-state index is 0.0135. The van der Waals surface area contributed by atoms with Gasteiger partial charge in [0.2, 0.25) is 5.91 Å². The monoisotopic (exact) mass is 519 g/mol. The maximum atomic E-state index is 13.5. The molecule has 1 N–H and O–H groups in total. The average Bonchev–Trinajstić information content (AvgIpc) is 3.28. The predicted molar refractivity (Wildman–Crippen MR) is 144 cm³/mol. The van der Waals surface area contributed by atoms with Crippen molar-refractivity contribution < 1.29 is 9.53 Å². The Bertz CT molecular complexity index is 1380. The van der Waals surface area contributed by atoms with Gasteiger partial charge >= 0.3 is 0 Å². The minimum atomic E-state index is -0.343. The van der Waals surface area contributed by atoms with Gasteiger partial charge in [-0.2, -0.15) is 5.10 Å². The van der Waals surface area contributed by atoms with Gasteiger partial charge in [-0.15, -0.1) is 0 Å². The molecule has 3 aromatic carbocycles. The van der Waals surface area contributed by atoms with Crippen molar-refractivity contribution in [3.63, 3.8) is 0 Å². The molecule has 5 rings (SSSR count). The lowest BCUT2D eigenvalue weighted by Gasteiger charge is -2.23. The molecule has 36 heavy (non-hydrogen) atoms. The summed E-state index contributed by atoms with van der Waals surface area (Å²) in [5.41, 5.74) is 5.58. The molecular formula is C29H27Cl2N3O2. The zero-order valence-electron chi connectivity index (χ0n) is 20.2. The maximum Gasteiger partial charge on any atom is 0.229 e. The summed E-state index contributed by atoms with van der Waals surface area (Å²) in [5.74, 6) is 0.417. The van der Waals surface area contributed by atoms with E-state index in [2.05, 4.69) is 5.32 Å². The number of hydrogen-bond acceptors (Lipinski definition) is 3. The number of carbonyl (C=O) groups is 1. The largest absolute Gasteiger partial charge is 0.497 e. The zero-order valence-corrected chi connectivity index (χ0v) is 21.7. The molecule has 0 saturated carbocycles. The summed E-state index contributed by atoms with van der Waals surface area (Å²) in [6, 6.07) is 23.1. The van der Waals surface area contributed by atoms with E-state index in [1.54, 1.807) is 19.2 Å². The van der Waals surface area contributed by atoms with Crippen molar-refractivity contribution in [2.24, 2.45) is 0 Å². The van der Waals surface area contributed by atoms with Gasteiger partial charge in [-0.3, -0.25) is 4.79 Å². The summed E-state index contributed by atoms with van der Waals surface area (Å²) in [5, 5.41) is 9.26. The molecule has 1 aliphatic carbocycles. The molecule has 0 fully saturated rings. The third kappa shape index (κ3) is 4.73. The van der Waals surface area contributed by atoms with Crippen molar-refractivity contribution in [3.05, 3.63) is 99.7 Å². The van der Waals surface area contributed by atoms with Crippen molar-refractivity contribution in [1.29, 1.82) is 0 Å². The van der Waals surface area contributed by atoms with Crippen LogP contribution < -0.4 is 10.1 Å². The van der Waals surface area contributed by atoms with E-state index in [-0.39, 0.29) is 17.9 Å². The first-order valence-electron chi connectivity index (χ1n) is 12.0. The molecule has 184 valence electrons. The van der Waals surface area contributed by atoms with Crippen LogP contribution in [0.4, 0.5) is 0 Å². The number of aromatic nitrogens is 2. The van der Waals surface area contributed by atoms with E-state index in [0.29, 0.717) is 10.0 Å². The van der Waals surface area contributed by atoms with Crippen LogP contribution in [0, 0.1) is 0 Å². The van der Waals surface area contributed by atoms with Gasteiger partial charge in [0.05, 0.1) is 41.2 Å². The third-order valence-electron chi connectivity index (χ3n) is 6.74. The molecule has 0 saturated heterocycles. The van der Waals surface area contributed by atoms with Crippen LogP contribution in [0.25, 0.3) is 16.9 Å². The van der Waals surface area contributed by atoms with E-state index in [4.69, 9.17) is 33.0 Å². The summed E-state index contributed by atoms with van der Waals surface area (Å²) < 4.78 is 7.22. The van der Waals surface area contributed by atoms with Gasteiger partial charge in [0.25, 0.3) is 0 Å². The topological polar surface area (TPSA) is 56.2 Å². The van der Waals surface area contributed by atoms with Gasteiger partial charge in [-0.05, 0) is 74.2 Å². The second-order valence-corrected chi connectivity index (χ2v) is 9.88. The van der Waals surface area contributed by atoms with Crippen LogP contribution in [0.1, 0.15) is 48.5 Å². The normalized spacial score (nSPS) is 15.7. The Balaban J connectivity index is 1.58. The van der Waals surface area contributed by atoms with Crippen molar-refractivity contribution in [1.82, 2.24) is 15.1 Å². The highest BCUT2D eigenvalue weighted by molar-refractivity contribution is 6.35. The SMILES string of the molecule is COc1ccc(-c2c3c(nn2-c2ccc(Cl)cc2Cl)[C@@H](C(=O)N[C@H](C)c2ccccc2)CCC3)cc1. The fraction of sp³-hybridized carbons (Fsp3) is 0.241. The molecule has 5 nitrogen and oxygen atoms in total. The number of nitrogens with zero attached hydrogens (tertiary/aromatic N) is 2. The van der Waals surface area contributed by atoms with Gasteiger partial charge < -0.3 is 10.1 Å². The lowest BCUT2D eigenvalue weighted by Crippen LogP contribution is -2.33. The molecule has 0 unspecified atom stereocenters. The first-order chi connectivity index (χ1) is 17.5. The summed E-state index contributed by atoms with van der Waals surface area (Å²) >= 11 is 12.8. The molecule has 2 atom stereocenters. The molecule has 0 radical (unpaired) electrons. The van der Waals surface area contributed by atoms with Crippen LogP contribution in [0.15, 0.2) is 72.8 Å². The second-order valence-electron chi connectivity index (χ2n) is 9.03. The standard InChI is InChI=1S/C29H27Cl2N3O2/c1-18(19-7-4-3-5-8-19)32-29(35)24-10-6-9-23-27(24)33-34(26-16-13-21(30)17-25(26)31)28(23)20-11-14-22(36-2)15-12-20/h3-5,7-8,11-18,24H,6,9-10H2,1-2H3,(H,32,35)/t18-,24+/m1/s1. The van der Waals surface area contributed by atoms with E-state index < -0.39 is 0 Å². The van der Waals surface area contributed by atoms with Crippen molar-refractivity contribution in [3.8, 4) is 22.7 Å². The Kier molecular flexibility index (Phi) is 7.04. The van der Waals surface area contributed by atoms with Gasteiger partial charge in [0.15, 0.2) is 0 Å². The van der Waals surface area contributed by atoms with Crippen molar-refractivity contribution in [2.45, 2.75) is 38.1 Å². The van der Waals surface area contributed by atoms with Crippen LogP contribution in [0.5, 0.6) is 5.75 Å². The average molecular weight is 520 g/mol. The van der Waals surface area contributed by atoms with Gasteiger partial charge in [0, 0.05) is 16.1 Å². The number of hydrogen-bond donors (Lipinski definition) is 1. The molecule has 1 heterocycles. The number of nitrogens with one attached hydrogen (secondary N) is 1.